The lowest BCUT2D eigenvalue weighted by Crippen LogP contribution is -1.96. The fourth-order valence-corrected chi connectivity index (χ4v) is 2.17. The fraction of sp³-hybridized carbons (Fsp3) is 0.167. The summed E-state index contributed by atoms with van der Waals surface area (Å²) in [6, 6.07) is 7.12. The number of aromatic hydroxyl groups is 2. The summed E-state index contributed by atoms with van der Waals surface area (Å²) in [6.07, 6.45) is 2.85. The van der Waals surface area contributed by atoms with E-state index in [1.807, 2.05) is 0 Å². The number of phenols is 2. The summed E-state index contributed by atoms with van der Waals surface area (Å²) in [7, 11) is 4.54. The van der Waals surface area contributed by atoms with Gasteiger partial charge in [-0.2, -0.15) is 0 Å². The molecule has 0 fully saturated rings. The smallest absolute Gasteiger partial charge is 0.189 e. The molecule has 6 heteroatoms. The Morgan fingerprint density at radius 3 is 2.12 bits per heavy atom. The average molecular weight is 330 g/mol. The maximum Gasteiger partial charge on any atom is 0.189 e. The minimum absolute atomic E-state index is 0.0866. The molecule has 0 aliphatic rings. The van der Waals surface area contributed by atoms with Crippen molar-refractivity contribution in [3.8, 4) is 28.7 Å². The lowest BCUT2D eigenvalue weighted by molar-refractivity contribution is 0.104. The minimum atomic E-state index is -0.413. The standard InChI is InChI=1S/C18H18O6/c1-22-16-10-18(24-3)17(23-2)8-11(16)4-7-14(20)13-6-5-12(19)9-15(13)21/h4-10,19,21H,1-3H3/b7-4+. The molecule has 6 nitrogen and oxygen atoms in total. The second kappa shape index (κ2) is 7.41. The van der Waals surface area contributed by atoms with E-state index in [2.05, 4.69) is 0 Å². The summed E-state index contributed by atoms with van der Waals surface area (Å²) in [5, 5.41) is 19.0. The third-order valence-corrected chi connectivity index (χ3v) is 3.40. The van der Waals surface area contributed by atoms with Crippen LogP contribution in [-0.2, 0) is 0 Å². The van der Waals surface area contributed by atoms with Crippen LogP contribution < -0.4 is 14.2 Å². The van der Waals surface area contributed by atoms with E-state index in [0.717, 1.165) is 6.07 Å². The molecule has 0 spiro atoms. The Morgan fingerprint density at radius 2 is 1.54 bits per heavy atom. The Morgan fingerprint density at radius 1 is 0.917 bits per heavy atom. The maximum absolute atomic E-state index is 12.2. The highest BCUT2D eigenvalue weighted by Crippen LogP contribution is 2.35. The van der Waals surface area contributed by atoms with Gasteiger partial charge in [-0.1, -0.05) is 0 Å². The first-order chi connectivity index (χ1) is 11.5. The van der Waals surface area contributed by atoms with Crippen molar-refractivity contribution in [2.75, 3.05) is 21.3 Å². The van der Waals surface area contributed by atoms with Gasteiger partial charge in [0.15, 0.2) is 17.3 Å². The van der Waals surface area contributed by atoms with Gasteiger partial charge < -0.3 is 24.4 Å². The molecule has 0 bridgehead atoms. The van der Waals surface area contributed by atoms with Gasteiger partial charge in [0.25, 0.3) is 0 Å². The van der Waals surface area contributed by atoms with E-state index in [0.29, 0.717) is 22.8 Å². The van der Waals surface area contributed by atoms with Crippen molar-refractivity contribution in [3.63, 3.8) is 0 Å². The van der Waals surface area contributed by atoms with E-state index in [9.17, 15) is 15.0 Å². The summed E-state index contributed by atoms with van der Waals surface area (Å²) in [6.45, 7) is 0. The highest BCUT2D eigenvalue weighted by molar-refractivity contribution is 6.08. The van der Waals surface area contributed by atoms with Crippen molar-refractivity contribution >= 4 is 11.9 Å². The van der Waals surface area contributed by atoms with Crippen molar-refractivity contribution in [1.29, 1.82) is 0 Å². The molecule has 0 aliphatic heterocycles. The van der Waals surface area contributed by atoms with E-state index in [-0.39, 0.29) is 17.1 Å². The molecule has 2 N–H and O–H groups in total. The highest BCUT2D eigenvalue weighted by Gasteiger charge is 2.12. The van der Waals surface area contributed by atoms with Gasteiger partial charge in [0.05, 0.1) is 26.9 Å². The Kier molecular flexibility index (Phi) is 5.31. The zero-order valence-electron chi connectivity index (χ0n) is 13.6. The van der Waals surface area contributed by atoms with Crippen molar-refractivity contribution in [3.05, 3.63) is 47.5 Å². The number of ether oxygens (including phenoxy) is 3. The average Bonchev–Trinajstić information content (AvgIpc) is 2.58. The molecule has 2 aromatic carbocycles. The van der Waals surface area contributed by atoms with Gasteiger partial charge in [0.1, 0.15) is 17.2 Å². The van der Waals surface area contributed by atoms with Crippen LogP contribution in [0, 0.1) is 0 Å². The molecular formula is C18H18O6. The minimum Gasteiger partial charge on any atom is -0.508 e. The number of benzene rings is 2. The molecule has 24 heavy (non-hydrogen) atoms. The zero-order chi connectivity index (χ0) is 17.7. The molecule has 0 unspecified atom stereocenters. The van der Waals surface area contributed by atoms with Gasteiger partial charge in [-0.05, 0) is 30.4 Å². The number of ketones is 1. The highest BCUT2D eigenvalue weighted by atomic mass is 16.5. The van der Waals surface area contributed by atoms with E-state index in [1.165, 1.54) is 39.5 Å². The normalized spacial score (nSPS) is 10.6. The monoisotopic (exact) mass is 330 g/mol. The second-order valence-corrected chi connectivity index (χ2v) is 4.85. The van der Waals surface area contributed by atoms with Crippen molar-refractivity contribution < 1.29 is 29.2 Å². The Hall–Kier alpha value is -3.15. The SMILES string of the molecule is COc1cc(OC)c(OC)cc1/C=C/C(=O)c1ccc(O)cc1O. The van der Waals surface area contributed by atoms with Gasteiger partial charge in [-0.15, -0.1) is 0 Å². The van der Waals surface area contributed by atoms with Gasteiger partial charge >= 0.3 is 0 Å². The van der Waals surface area contributed by atoms with E-state index < -0.39 is 5.78 Å². The summed E-state index contributed by atoms with van der Waals surface area (Å²) in [5.74, 6) is 0.696. The first-order valence-corrected chi connectivity index (χ1v) is 7.04. The summed E-state index contributed by atoms with van der Waals surface area (Å²) < 4.78 is 15.7. The molecule has 126 valence electrons. The van der Waals surface area contributed by atoms with E-state index >= 15 is 0 Å². The van der Waals surface area contributed by atoms with Crippen LogP contribution in [0.2, 0.25) is 0 Å². The maximum atomic E-state index is 12.2. The molecule has 0 aromatic heterocycles. The number of methoxy groups -OCH3 is 3. The first-order valence-electron chi connectivity index (χ1n) is 7.04. The zero-order valence-corrected chi connectivity index (χ0v) is 13.6. The molecule has 2 aromatic rings. The van der Waals surface area contributed by atoms with Gasteiger partial charge in [-0.3, -0.25) is 4.79 Å². The van der Waals surface area contributed by atoms with Crippen LogP contribution in [-0.4, -0.2) is 37.3 Å². The van der Waals surface area contributed by atoms with Gasteiger partial charge in [-0.25, -0.2) is 0 Å². The number of carbonyl (C=O) groups is 1. The fourth-order valence-electron chi connectivity index (χ4n) is 2.17. The molecular weight excluding hydrogens is 312 g/mol. The van der Waals surface area contributed by atoms with Crippen LogP contribution in [0.3, 0.4) is 0 Å². The Balaban J connectivity index is 2.35. The first kappa shape index (κ1) is 17.2. The topological polar surface area (TPSA) is 85.2 Å². The van der Waals surface area contributed by atoms with Gasteiger partial charge in [0.2, 0.25) is 0 Å². The van der Waals surface area contributed by atoms with Crippen LogP contribution >= 0.6 is 0 Å². The second-order valence-electron chi connectivity index (χ2n) is 4.85. The lowest BCUT2D eigenvalue weighted by atomic mass is 10.1. The molecule has 0 aliphatic carbocycles. The predicted molar refractivity (Wildman–Crippen MR) is 89.2 cm³/mol. The molecule has 0 amide bonds. The summed E-state index contributed by atoms with van der Waals surface area (Å²) in [4.78, 5) is 12.2. The molecule has 0 saturated heterocycles. The number of phenolic OH excluding ortho intramolecular Hbond substituents is 2. The number of hydrogen-bond donors (Lipinski definition) is 2. The number of hydrogen-bond acceptors (Lipinski definition) is 6. The van der Waals surface area contributed by atoms with Crippen LogP contribution in [0.1, 0.15) is 15.9 Å². The summed E-state index contributed by atoms with van der Waals surface area (Å²) in [5.41, 5.74) is 0.699. The lowest BCUT2D eigenvalue weighted by Gasteiger charge is -2.12. The van der Waals surface area contributed by atoms with Crippen LogP contribution in [0.15, 0.2) is 36.4 Å². The Labute approximate surface area is 139 Å². The van der Waals surface area contributed by atoms with Crippen LogP contribution in [0.25, 0.3) is 6.08 Å². The van der Waals surface area contributed by atoms with Crippen LogP contribution in [0.4, 0.5) is 0 Å². The quantitative estimate of drug-likeness (QED) is 0.625. The number of carbonyl (C=O) groups excluding carboxylic acids is 1. The van der Waals surface area contributed by atoms with Crippen molar-refractivity contribution in [2.24, 2.45) is 0 Å². The van der Waals surface area contributed by atoms with Crippen molar-refractivity contribution in [2.45, 2.75) is 0 Å². The molecule has 2 rings (SSSR count). The number of allylic oxidation sites excluding steroid dienone is 1. The molecule has 0 atom stereocenters. The van der Waals surface area contributed by atoms with Gasteiger partial charge in [0, 0.05) is 17.7 Å². The molecule has 0 heterocycles. The summed E-state index contributed by atoms with van der Waals surface area (Å²) >= 11 is 0. The Bertz CT molecular complexity index is 779. The number of rotatable bonds is 6. The largest absolute Gasteiger partial charge is 0.508 e. The predicted octanol–water partition coefficient (Wildman–Crippen LogP) is 3.02. The third-order valence-electron chi connectivity index (χ3n) is 3.40. The van der Waals surface area contributed by atoms with Crippen molar-refractivity contribution in [1.82, 2.24) is 0 Å². The molecule has 0 saturated carbocycles. The molecule has 0 radical (unpaired) electrons. The van der Waals surface area contributed by atoms with Crippen LogP contribution in [0.5, 0.6) is 28.7 Å². The van der Waals surface area contributed by atoms with E-state index in [1.54, 1.807) is 18.2 Å². The van der Waals surface area contributed by atoms with E-state index in [4.69, 9.17) is 14.2 Å². The third kappa shape index (κ3) is 3.60.